The van der Waals surface area contributed by atoms with Crippen LogP contribution in [0.15, 0.2) is 17.0 Å². The summed E-state index contributed by atoms with van der Waals surface area (Å²) in [6, 6.07) is 2.18. The zero-order chi connectivity index (χ0) is 20.3. The molecule has 0 radical (unpaired) electrons. The number of nitrogens with zero attached hydrogens (tertiary/aromatic N) is 2. The maximum atomic E-state index is 13.3. The molecule has 2 fully saturated rings. The summed E-state index contributed by atoms with van der Waals surface area (Å²) in [7, 11) is -2.77. The molecule has 1 aromatic heterocycles. The lowest BCUT2D eigenvalue weighted by Crippen LogP contribution is -2.41. The molecule has 2 aliphatic heterocycles. The average molecular weight is 412 g/mol. The first kappa shape index (κ1) is 20.7. The normalized spacial score (nSPS) is 25.6. The van der Waals surface area contributed by atoms with Crippen molar-refractivity contribution < 1.29 is 32.2 Å². The smallest absolute Gasteiger partial charge is 0.324 e. The number of pyridine rings is 1. The van der Waals surface area contributed by atoms with E-state index in [1.165, 1.54) is 13.2 Å². The second kappa shape index (κ2) is 8.54. The number of aldehydes is 1. The third-order valence-corrected chi connectivity index (χ3v) is 6.83. The van der Waals surface area contributed by atoms with Gasteiger partial charge < -0.3 is 19.0 Å². The van der Waals surface area contributed by atoms with Gasteiger partial charge in [-0.3, -0.25) is 4.79 Å². The Morgan fingerprint density at radius 2 is 2.21 bits per heavy atom. The first-order valence-corrected chi connectivity index (χ1v) is 10.6. The average Bonchev–Trinajstić information content (AvgIpc) is 3.31. The third kappa shape index (κ3) is 4.18. The second-order valence-electron chi connectivity index (χ2n) is 6.89. The number of sulfonamides is 1. The molecule has 2 aliphatic rings. The predicted molar refractivity (Wildman–Crippen MR) is 97.4 cm³/mol. The van der Waals surface area contributed by atoms with E-state index in [0.717, 1.165) is 10.6 Å². The first-order valence-electron chi connectivity index (χ1n) is 9.16. The molecular formula is C18H24N2O7S. The monoisotopic (exact) mass is 412 g/mol. The SMILES string of the molecule is COC(=O)[C@@H]1CCCN1S(=O)(=O)c1ccc(C)nc1O[C@H]1CO[C@@H](CC=O)C1. The fourth-order valence-corrected chi connectivity index (χ4v) is 5.21. The van der Waals surface area contributed by atoms with Crippen LogP contribution in [0.5, 0.6) is 5.88 Å². The van der Waals surface area contributed by atoms with Crippen LogP contribution in [0.3, 0.4) is 0 Å². The fraction of sp³-hybridized carbons (Fsp3) is 0.611. The molecule has 0 bridgehead atoms. The van der Waals surface area contributed by atoms with Crippen molar-refractivity contribution >= 4 is 22.3 Å². The van der Waals surface area contributed by atoms with Gasteiger partial charge in [0.15, 0.2) is 0 Å². The molecule has 28 heavy (non-hydrogen) atoms. The number of ether oxygens (including phenoxy) is 3. The first-order chi connectivity index (χ1) is 13.4. The summed E-state index contributed by atoms with van der Waals surface area (Å²) in [6.45, 7) is 2.21. The lowest BCUT2D eigenvalue weighted by molar-refractivity contribution is -0.144. The summed E-state index contributed by atoms with van der Waals surface area (Å²) >= 11 is 0. The Morgan fingerprint density at radius 1 is 1.43 bits per heavy atom. The molecule has 3 atom stereocenters. The van der Waals surface area contributed by atoms with Gasteiger partial charge in [-0.05, 0) is 31.9 Å². The van der Waals surface area contributed by atoms with E-state index in [1.54, 1.807) is 13.0 Å². The van der Waals surface area contributed by atoms with Crippen molar-refractivity contribution in [3.8, 4) is 5.88 Å². The highest BCUT2D eigenvalue weighted by molar-refractivity contribution is 7.89. The highest BCUT2D eigenvalue weighted by Gasteiger charge is 2.42. The molecule has 0 amide bonds. The van der Waals surface area contributed by atoms with Crippen molar-refractivity contribution in [3.05, 3.63) is 17.8 Å². The van der Waals surface area contributed by atoms with Gasteiger partial charge in [0.05, 0.1) is 19.8 Å². The molecule has 0 saturated carbocycles. The summed E-state index contributed by atoms with van der Waals surface area (Å²) < 4.78 is 43.8. The van der Waals surface area contributed by atoms with Crippen LogP contribution in [-0.2, 0) is 29.1 Å². The maximum absolute atomic E-state index is 13.3. The van der Waals surface area contributed by atoms with Crippen LogP contribution in [-0.4, -0.2) is 68.5 Å². The number of aromatic nitrogens is 1. The Morgan fingerprint density at radius 3 is 2.93 bits per heavy atom. The van der Waals surface area contributed by atoms with Gasteiger partial charge in [0, 0.05) is 25.1 Å². The van der Waals surface area contributed by atoms with Gasteiger partial charge in [0.2, 0.25) is 15.9 Å². The maximum Gasteiger partial charge on any atom is 0.324 e. The quantitative estimate of drug-likeness (QED) is 0.478. The van der Waals surface area contributed by atoms with Gasteiger partial charge in [-0.25, -0.2) is 13.4 Å². The Balaban J connectivity index is 1.87. The molecule has 3 rings (SSSR count). The standard InChI is InChI=1S/C18H24N2O7S/c1-12-5-6-16(17(19-12)27-14-10-13(7-9-21)26-11-14)28(23,24)20-8-3-4-15(20)18(22)25-2/h5-6,9,13-15H,3-4,7-8,10-11H2,1-2H3/t13-,14+,15-/m0/s1. The van der Waals surface area contributed by atoms with Crippen LogP contribution in [0.25, 0.3) is 0 Å². The summed E-state index contributed by atoms with van der Waals surface area (Å²) in [4.78, 5) is 26.8. The summed E-state index contributed by atoms with van der Waals surface area (Å²) in [5.74, 6) is -0.597. The molecule has 154 valence electrons. The summed E-state index contributed by atoms with van der Waals surface area (Å²) in [5, 5.41) is 0. The Labute approximate surface area is 164 Å². The van der Waals surface area contributed by atoms with Crippen LogP contribution >= 0.6 is 0 Å². The van der Waals surface area contributed by atoms with Gasteiger partial charge in [-0.2, -0.15) is 4.31 Å². The molecule has 0 unspecified atom stereocenters. The van der Waals surface area contributed by atoms with Gasteiger partial charge in [-0.15, -0.1) is 0 Å². The number of carbonyl (C=O) groups is 2. The largest absolute Gasteiger partial charge is 0.471 e. The number of carbonyl (C=O) groups excluding carboxylic acids is 2. The van der Waals surface area contributed by atoms with E-state index in [-0.39, 0.29) is 36.5 Å². The minimum absolute atomic E-state index is 0.0177. The van der Waals surface area contributed by atoms with E-state index in [9.17, 15) is 18.0 Å². The highest BCUT2D eigenvalue weighted by Crippen LogP contribution is 2.32. The Kier molecular flexibility index (Phi) is 6.31. The number of esters is 1. The predicted octanol–water partition coefficient (Wildman–Crippen LogP) is 0.841. The van der Waals surface area contributed by atoms with E-state index in [1.807, 2.05) is 0 Å². The minimum Gasteiger partial charge on any atom is -0.471 e. The molecule has 0 aliphatic carbocycles. The molecule has 9 nitrogen and oxygen atoms in total. The number of hydrogen-bond donors (Lipinski definition) is 0. The van der Waals surface area contributed by atoms with Crippen molar-refractivity contribution in [1.29, 1.82) is 0 Å². The minimum atomic E-state index is -4.01. The summed E-state index contributed by atoms with van der Waals surface area (Å²) in [5.41, 5.74) is 0.600. The molecule has 0 N–H and O–H groups in total. The molecular weight excluding hydrogens is 388 g/mol. The van der Waals surface area contributed by atoms with E-state index in [0.29, 0.717) is 25.0 Å². The number of rotatable bonds is 7. The molecule has 0 aromatic carbocycles. The fourth-order valence-electron chi connectivity index (χ4n) is 3.51. The number of aryl methyl sites for hydroxylation is 1. The third-order valence-electron chi connectivity index (χ3n) is 4.91. The Bertz CT molecular complexity index is 842. The lowest BCUT2D eigenvalue weighted by Gasteiger charge is -2.23. The highest BCUT2D eigenvalue weighted by atomic mass is 32.2. The van der Waals surface area contributed by atoms with E-state index >= 15 is 0 Å². The molecule has 0 spiro atoms. The zero-order valence-corrected chi connectivity index (χ0v) is 16.7. The van der Waals surface area contributed by atoms with Crippen LogP contribution in [0.4, 0.5) is 0 Å². The summed E-state index contributed by atoms with van der Waals surface area (Å²) in [6.07, 6.45) is 1.86. The lowest BCUT2D eigenvalue weighted by atomic mass is 10.2. The van der Waals surface area contributed by atoms with Gasteiger partial charge in [0.25, 0.3) is 0 Å². The van der Waals surface area contributed by atoms with E-state index < -0.39 is 28.1 Å². The van der Waals surface area contributed by atoms with Gasteiger partial charge >= 0.3 is 5.97 Å². The van der Waals surface area contributed by atoms with Crippen molar-refractivity contribution in [2.75, 3.05) is 20.3 Å². The number of hydrogen-bond acceptors (Lipinski definition) is 8. The van der Waals surface area contributed by atoms with Crippen LogP contribution in [0, 0.1) is 6.92 Å². The topological polar surface area (TPSA) is 112 Å². The van der Waals surface area contributed by atoms with Gasteiger partial charge in [0.1, 0.15) is 23.3 Å². The molecule has 3 heterocycles. The molecule has 10 heteroatoms. The van der Waals surface area contributed by atoms with Crippen molar-refractivity contribution in [2.45, 2.75) is 55.8 Å². The van der Waals surface area contributed by atoms with E-state index in [4.69, 9.17) is 14.2 Å². The van der Waals surface area contributed by atoms with Crippen LogP contribution in [0.2, 0.25) is 0 Å². The Hall–Kier alpha value is -2.04. The van der Waals surface area contributed by atoms with Crippen LogP contribution < -0.4 is 4.74 Å². The van der Waals surface area contributed by atoms with Crippen molar-refractivity contribution in [2.24, 2.45) is 0 Å². The van der Waals surface area contributed by atoms with E-state index in [2.05, 4.69) is 4.98 Å². The van der Waals surface area contributed by atoms with Crippen molar-refractivity contribution in [3.63, 3.8) is 0 Å². The molecule has 1 aromatic rings. The second-order valence-corrected chi connectivity index (χ2v) is 8.75. The number of methoxy groups -OCH3 is 1. The zero-order valence-electron chi connectivity index (χ0n) is 15.9. The molecule has 2 saturated heterocycles. The van der Waals surface area contributed by atoms with Crippen molar-refractivity contribution in [1.82, 2.24) is 9.29 Å². The van der Waals surface area contributed by atoms with Crippen LogP contribution in [0.1, 0.15) is 31.4 Å². The van der Waals surface area contributed by atoms with Gasteiger partial charge in [-0.1, -0.05) is 0 Å².